The lowest BCUT2D eigenvalue weighted by Gasteiger charge is -2.12. The van der Waals surface area contributed by atoms with Gasteiger partial charge in [0.05, 0.1) is 10.7 Å². The van der Waals surface area contributed by atoms with Crippen molar-refractivity contribution in [3.8, 4) is 5.69 Å². The zero-order chi connectivity index (χ0) is 18.3. The van der Waals surface area contributed by atoms with Crippen LogP contribution in [0.2, 0.25) is 5.02 Å². The van der Waals surface area contributed by atoms with Crippen LogP contribution in [-0.4, -0.2) is 25.9 Å². The summed E-state index contributed by atoms with van der Waals surface area (Å²) in [7, 11) is 0. The van der Waals surface area contributed by atoms with Gasteiger partial charge in [0.1, 0.15) is 5.01 Å². The van der Waals surface area contributed by atoms with Gasteiger partial charge in [0.25, 0.3) is 5.91 Å². The highest BCUT2D eigenvalue weighted by Gasteiger charge is 2.28. The number of para-hydroxylation sites is 1. The molecule has 1 saturated carbocycles. The standard InChI is InChI=1S/C17H14ClN5O2S/c1-9-8-13(24)14(22-23(9)12-5-3-2-4-11(12)18)15(25)19-17-21-20-16(26-17)10-6-7-10/h2-5,8,10H,6-7H2,1H3,(H,19,21,25). The number of anilines is 1. The second kappa shape index (κ2) is 6.62. The van der Waals surface area contributed by atoms with Crippen LogP contribution in [-0.2, 0) is 0 Å². The molecule has 0 saturated heterocycles. The highest BCUT2D eigenvalue weighted by molar-refractivity contribution is 7.15. The molecule has 2 aromatic heterocycles. The predicted molar refractivity (Wildman–Crippen MR) is 99.4 cm³/mol. The minimum atomic E-state index is -0.616. The monoisotopic (exact) mass is 387 g/mol. The Kier molecular flexibility index (Phi) is 4.29. The fraction of sp³-hybridized carbons (Fsp3) is 0.235. The Morgan fingerprint density at radius 2 is 2.08 bits per heavy atom. The molecule has 9 heteroatoms. The summed E-state index contributed by atoms with van der Waals surface area (Å²) in [6.45, 7) is 1.73. The molecule has 0 spiro atoms. The summed E-state index contributed by atoms with van der Waals surface area (Å²) < 4.78 is 1.48. The van der Waals surface area contributed by atoms with Crippen molar-refractivity contribution >= 4 is 34.0 Å². The summed E-state index contributed by atoms with van der Waals surface area (Å²) in [6, 6.07) is 8.45. The average molecular weight is 388 g/mol. The van der Waals surface area contributed by atoms with E-state index in [9.17, 15) is 9.59 Å². The lowest BCUT2D eigenvalue weighted by Crippen LogP contribution is -2.27. The van der Waals surface area contributed by atoms with Gasteiger partial charge < -0.3 is 0 Å². The van der Waals surface area contributed by atoms with Crippen LogP contribution >= 0.6 is 22.9 Å². The fourth-order valence-electron chi connectivity index (χ4n) is 2.51. The van der Waals surface area contributed by atoms with E-state index in [1.807, 2.05) is 0 Å². The van der Waals surface area contributed by atoms with Gasteiger partial charge in [0, 0.05) is 17.7 Å². The van der Waals surface area contributed by atoms with Crippen molar-refractivity contribution in [2.45, 2.75) is 25.7 Å². The van der Waals surface area contributed by atoms with Gasteiger partial charge in [-0.2, -0.15) is 5.10 Å². The van der Waals surface area contributed by atoms with E-state index in [2.05, 4.69) is 20.6 Å². The van der Waals surface area contributed by atoms with Crippen LogP contribution in [0.4, 0.5) is 5.13 Å². The lowest BCUT2D eigenvalue weighted by atomic mass is 10.2. The van der Waals surface area contributed by atoms with Crippen LogP contribution < -0.4 is 10.7 Å². The summed E-state index contributed by atoms with van der Waals surface area (Å²) in [5, 5.41) is 16.6. The number of aryl methyl sites for hydroxylation is 1. The number of carbonyl (C=O) groups excluding carboxylic acids is 1. The van der Waals surface area contributed by atoms with Crippen LogP contribution in [0.15, 0.2) is 35.1 Å². The van der Waals surface area contributed by atoms with Crippen LogP contribution in [0, 0.1) is 6.92 Å². The molecule has 3 aromatic rings. The summed E-state index contributed by atoms with van der Waals surface area (Å²) >= 11 is 7.54. The van der Waals surface area contributed by atoms with E-state index in [0.29, 0.717) is 27.5 Å². The normalized spacial score (nSPS) is 13.6. The van der Waals surface area contributed by atoms with Crippen LogP contribution in [0.25, 0.3) is 5.69 Å². The lowest BCUT2D eigenvalue weighted by molar-refractivity contribution is 0.101. The first-order chi connectivity index (χ1) is 12.5. The molecule has 0 bridgehead atoms. The predicted octanol–water partition coefficient (Wildman–Crippen LogP) is 3.18. The molecule has 0 atom stereocenters. The highest BCUT2D eigenvalue weighted by Crippen LogP contribution is 2.42. The number of carbonyl (C=O) groups is 1. The highest BCUT2D eigenvalue weighted by atomic mass is 35.5. The van der Waals surface area contributed by atoms with E-state index >= 15 is 0 Å². The molecule has 1 amide bonds. The zero-order valence-corrected chi connectivity index (χ0v) is 15.3. The van der Waals surface area contributed by atoms with E-state index in [4.69, 9.17) is 11.6 Å². The first-order valence-corrected chi connectivity index (χ1v) is 9.23. The van der Waals surface area contributed by atoms with Crippen LogP contribution in [0.5, 0.6) is 0 Å². The number of benzene rings is 1. The number of nitrogens with one attached hydrogen (secondary N) is 1. The maximum atomic E-state index is 12.5. The molecular formula is C17H14ClN5O2S. The smallest absolute Gasteiger partial charge is 0.282 e. The van der Waals surface area contributed by atoms with Gasteiger partial charge in [-0.15, -0.1) is 10.2 Å². The molecule has 0 aliphatic heterocycles. The van der Waals surface area contributed by atoms with Gasteiger partial charge in [-0.3, -0.25) is 14.9 Å². The number of nitrogens with zero attached hydrogens (tertiary/aromatic N) is 4. The number of aromatic nitrogens is 4. The Bertz CT molecular complexity index is 1060. The van der Waals surface area contributed by atoms with Gasteiger partial charge in [0.2, 0.25) is 10.6 Å². The second-order valence-corrected chi connectivity index (χ2v) is 7.45. The third kappa shape index (κ3) is 3.25. The molecule has 1 aromatic carbocycles. The molecule has 132 valence electrons. The van der Waals surface area contributed by atoms with Gasteiger partial charge in [-0.1, -0.05) is 35.1 Å². The molecule has 2 heterocycles. The fourth-order valence-corrected chi connectivity index (χ4v) is 3.63. The molecular weight excluding hydrogens is 374 g/mol. The van der Waals surface area contributed by atoms with Gasteiger partial charge >= 0.3 is 0 Å². The molecule has 1 aliphatic carbocycles. The molecule has 26 heavy (non-hydrogen) atoms. The van der Waals surface area contributed by atoms with Crippen molar-refractivity contribution < 1.29 is 4.79 Å². The molecule has 1 aliphatic rings. The van der Waals surface area contributed by atoms with E-state index in [1.165, 1.54) is 22.1 Å². The summed E-state index contributed by atoms with van der Waals surface area (Å²) in [5.41, 5.74) is 0.480. The summed E-state index contributed by atoms with van der Waals surface area (Å²) in [6.07, 6.45) is 2.20. The van der Waals surface area contributed by atoms with Crippen LogP contribution in [0.3, 0.4) is 0 Å². The van der Waals surface area contributed by atoms with Crippen molar-refractivity contribution in [2.24, 2.45) is 0 Å². The first kappa shape index (κ1) is 16.9. The Hall–Kier alpha value is -2.58. The van der Waals surface area contributed by atoms with Crippen molar-refractivity contribution in [3.05, 3.63) is 62.0 Å². The summed E-state index contributed by atoms with van der Waals surface area (Å²) in [4.78, 5) is 24.8. The molecule has 0 unspecified atom stereocenters. The van der Waals surface area contributed by atoms with Gasteiger partial charge in [0.15, 0.2) is 5.69 Å². The Morgan fingerprint density at radius 3 is 2.81 bits per heavy atom. The number of rotatable bonds is 4. The number of hydrogen-bond donors (Lipinski definition) is 1. The Balaban J connectivity index is 1.66. The van der Waals surface area contributed by atoms with E-state index in [-0.39, 0.29) is 5.69 Å². The van der Waals surface area contributed by atoms with Crippen molar-refractivity contribution in [3.63, 3.8) is 0 Å². The number of hydrogen-bond acceptors (Lipinski definition) is 6. The molecule has 4 rings (SSSR count). The zero-order valence-electron chi connectivity index (χ0n) is 13.8. The minimum absolute atomic E-state index is 0.223. The number of amides is 1. The quantitative estimate of drug-likeness (QED) is 0.742. The Labute approximate surface area is 157 Å². The van der Waals surface area contributed by atoms with Crippen molar-refractivity contribution in [1.29, 1.82) is 0 Å². The van der Waals surface area contributed by atoms with Crippen molar-refractivity contribution in [1.82, 2.24) is 20.0 Å². The third-order valence-corrected chi connectivity index (χ3v) is 5.31. The number of halogens is 1. The van der Waals surface area contributed by atoms with Crippen molar-refractivity contribution in [2.75, 3.05) is 5.32 Å². The maximum absolute atomic E-state index is 12.5. The maximum Gasteiger partial charge on any atom is 0.282 e. The van der Waals surface area contributed by atoms with Gasteiger partial charge in [-0.05, 0) is 31.9 Å². The second-order valence-electron chi connectivity index (χ2n) is 6.04. The molecule has 7 nitrogen and oxygen atoms in total. The molecule has 1 N–H and O–H groups in total. The van der Waals surface area contributed by atoms with E-state index in [1.54, 1.807) is 31.2 Å². The van der Waals surface area contributed by atoms with E-state index < -0.39 is 11.3 Å². The largest absolute Gasteiger partial charge is 0.295 e. The first-order valence-electron chi connectivity index (χ1n) is 8.03. The topological polar surface area (TPSA) is 89.8 Å². The van der Waals surface area contributed by atoms with Crippen LogP contribution in [0.1, 0.15) is 39.9 Å². The third-order valence-electron chi connectivity index (χ3n) is 3.99. The molecule has 1 fully saturated rings. The van der Waals surface area contributed by atoms with Gasteiger partial charge in [-0.25, -0.2) is 4.68 Å². The van der Waals surface area contributed by atoms with E-state index in [0.717, 1.165) is 17.8 Å². The summed E-state index contributed by atoms with van der Waals surface area (Å²) in [5.74, 6) is -0.164. The SMILES string of the molecule is Cc1cc(=O)c(C(=O)Nc2nnc(C3CC3)s2)nn1-c1ccccc1Cl. The average Bonchev–Trinajstić information content (AvgIpc) is 3.36. The minimum Gasteiger partial charge on any atom is -0.295 e. The molecule has 0 radical (unpaired) electrons. The Morgan fingerprint density at radius 1 is 1.31 bits per heavy atom.